The Hall–Kier alpha value is -3.39. The summed E-state index contributed by atoms with van der Waals surface area (Å²) in [5.41, 5.74) is 1.89. The number of nitrogens with one attached hydrogen (secondary N) is 1. The van der Waals surface area contributed by atoms with Crippen LogP contribution in [-0.2, 0) is 4.79 Å². The van der Waals surface area contributed by atoms with E-state index in [0.717, 1.165) is 24.0 Å². The molecule has 166 valence electrons. The SMILES string of the molecule is C=C1/C=C\C=C/CN(C(=O)c2ccc([N+](=O)[O-])cc2)CCC(/C=C(\S)C(=O)NC2CC2)=C\1. The molecule has 0 unspecified atom stereocenters. The van der Waals surface area contributed by atoms with Gasteiger partial charge in [-0.05, 0) is 48.6 Å². The average molecular weight is 452 g/mol. The van der Waals surface area contributed by atoms with Crippen LogP contribution in [0.25, 0.3) is 0 Å². The lowest BCUT2D eigenvalue weighted by Gasteiger charge is -2.21. The van der Waals surface area contributed by atoms with E-state index >= 15 is 0 Å². The number of hydrogen-bond donors (Lipinski definition) is 2. The number of carbonyl (C=O) groups excluding carboxylic acids is 2. The lowest BCUT2D eigenvalue weighted by Crippen LogP contribution is -2.32. The van der Waals surface area contributed by atoms with Crippen molar-refractivity contribution in [2.45, 2.75) is 25.3 Å². The minimum Gasteiger partial charge on any atom is -0.349 e. The molecule has 8 heteroatoms. The van der Waals surface area contributed by atoms with Gasteiger partial charge in [-0.2, -0.15) is 0 Å². The molecule has 3 rings (SSSR count). The summed E-state index contributed by atoms with van der Waals surface area (Å²) in [6.07, 6.45) is 13.4. The molecule has 0 aromatic heterocycles. The molecule has 32 heavy (non-hydrogen) atoms. The number of hydrogen-bond acceptors (Lipinski definition) is 5. The second kappa shape index (κ2) is 10.8. The van der Waals surface area contributed by atoms with Crippen molar-refractivity contribution in [3.05, 3.63) is 99.0 Å². The Labute approximate surface area is 192 Å². The summed E-state index contributed by atoms with van der Waals surface area (Å²) in [6.45, 7) is 4.78. The molecule has 1 aromatic carbocycles. The highest BCUT2D eigenvalue weighted by Crippen LogP contribution is 2.21. The number of nitrogens with zero attached hydrogens (tertiary/aromatic N) is 2. The fraction of sp³-hybridized carbons (Fsp3) is 0.250. The van der Waals surface area contributed by atoms with Gasteiger partial charge in [-0.15, -0.1) is 12.6 Å². The number of amides is 2. The zero-order chi connectivity index (χ0) is 23.1. The lowest BCUT2D eigenvalue weighted by atomic mass is 10.1. The maximum Gasteiger partial charge on any atom is 0.269 e. The van der Waals surface area contributed by atoms with Gasteiger partial charge < -0.3 is 10.2 Å². The molecule has 0 spiro atoms. The molecule has 0 bridgehead atoms. The Kier molecular flexibility index (Phi) is 7.83. The zero-order valence-corrected chi connectivity index (χ0v) is 18.5. The van der Waals surface area contributed by atoms with Gasteiger partial charge in [0.05, 0.1) is 9.83 Å². The molecule has 1 aliphatic carbocycles. The Bertz CT molecular complexity index is 1030. The van der Waals surface area contributed by atoms with E-state index < -0.39 is 4.92 Å². The van der Waals surface area contributed by atoms with Gasteiger partial charge >= 0.3 is 0 Å². The summed E-state index contributed by atoms with van der Waals surface area (Å²) >= 11 is 4.36. The van der Waals surface area contributed by atoms with Crippen LogP contribution in [0, 0.1) is 10.1 Å². The van der Waals surface area contributed by atoms with E-state index in [4.69, 9.17) is 0 Å². The number of nitro benzene ring substituents is 1. The first kappa shape index (κ1) is 23.3. The summed E-state index contributed by atoms with van der Waals surface area (Å²) in [7, 11) is 0. The molecule has 0 saturated heterocycles. The van der Waals surface area contributed by atoms with Crippen LogP contribution in [0.4, 0.5) is 5.69 Å². The highest BCUT2D eigenvalue weighted by atomic mass is 32.1. The van der Waals surface area contributed by atoms with Crippen molar-refractivity contribution < 1.29 is 14.5 Å². The molecule has 1 heterocycles. The van der Waals surface area contributed by atoms with E-state index in [9.17, 15) is 19.7 Å². The summed E-state index contributed by atoms with van der Waals surface area (Å²) in [5, 5.41) is 13.8. The molecule has 0 radical (unpaired) electrons. The highest BCUT2D eigenvalue weighted by molar-refractivity contribution is 7.85. The van der Waals surface area contributed by atoms with Gasteiger partial charge in [-0.3, -0.25) is 19.7 Å². The van der Waals surface area contributed by atoms with E-state index in [-0.39, 0.29) is 23.5 Å². The molecular formula is C24H25N3O4S. The number of nitro groups is 1. The zero-order valence-electron chi connectivity index (χ0n) is 17.6. The fourth-order valence-electron chi connectivity index (χ4n) is 3.09. The van der Waals surface area contributed by atoms with Gasteiger partial charge in [0, 0.05) is 36.8 Å². The van der Waals surface area contributed by atoms with Crippen molar-refractivity contribution in [1.82, 2.24) is 10.2 Å². The second-order valence-electron chi connectivity index (χ2n) is 7.66. The van der Waals surface area contributed by atoms with E-state index in [2.05, 4.69) is 24.5 Å². The van der Waals surface area contributed by atoms with Crippen molar-refractivity contribution in [2.24, 2.45) is 0 Å². The molecule has 2 amide bonds. The van der Waals surface area contributed by atoms with E-state index in [0.29, 0.717) is 30.0 Å². The van der Waals surface area contributed by atoms with Crippen molar-refractivity contribution >= 4 is 30.1 Å². The third-order valence-electron chi connectivity index (χ3n) is 5.00. The quantitative estimate of drug-likeness (QED) is 0.305. The number of carbonyl (C=O) groups is 2. The number of rotatable bonds is 5. The predicted molar refractivity (Wildman–Crippen MR) is 127 cm³/mol. The van der Waals surface area contributed by atoms with Crippen LogP contribution in [0.3, 0.4) is 0 Å². The van der Waals surface area contributed by atoms with Crippen molar-refractivity contribution in [3.8, 4) is 0 Å². The fourth-order valence-corrected chi connectivity index (χ4v) is 3.32. The topological polar surface area (TPSA) is 92.6 Å². The molecule has 7 nitrogen and oxygen atoms in total. The van der Waals surface area contributed by atoms with Gasteiger partial charge in [0.2, 0.25) is 0 Å². The standard InChI is InChI=1S/C24H25N3O4S/c1-17-5-3-2-4-13-26(24(29)19-6-10-21(11-7-19)27(30)31)14-12-18(15-17)16-22(32)23(28)25-20-8-9-20/h2-7,10-11,15-16,20,32H,1,8-9,12-14H2,(H,25,28)/b4-2-,5-3-,18-15+,22-16-. The first-order chi connectivity index (χ1) is 15.3. The van der Waals surface area contributed by atoms with Gasteiger partial charge in [-0.25, -0.2) is 0 Å². The third-order valence-corrected chi connectivity index (χ3v) is 5.34. The van der Waals surface area contributed by atoms with Gasteiger partial charge in [-0.1, -0.05) is 37.0 Å². The monoisotopic (exact) mass is 451 g/mol. The predicted octanol–water partition coefficient (Wildman–Crippen LogP) is 4.13. The molecule has 1 N–H and O–H groups in total. The molecule has 2 aliphatic rings. The van der Waals surface area contributed by atoms with Crippen LogP contribution in [0.2, 0.25) is 0 Å². The Morgan fingerprint density at radius 2 is 1.94 bits per heavy atom. The molecule has 1 aromatic rings. The van der Waals surface area contributed by atoms with Crippen molar-refractivity contribution in [3.63, 3.8) is 0 Å². The summed E-state index contributed by atoms with van der Waals surface area (Å²) in [4.78, 5) is 37.6. The number of thiol groups is 1. The normalized spacial score (nSPS) is 21.0. The van der Waals surface area contributed by atoms with Crippen LogP contribution in [-0.4, -0.2) is 40.8 Å². The van der Waals surface area contributed by atoms with Crippen LogP contribution in [0.1, 0.15) is 29.6 Å². The maximum atomic E-state index is 13.0. The molecule has 1 aliphatic heterocycles. The lowest BCUT2D eigenvalue weighted by molar-refractivity contribution is -0.384. The van der Waals surface area contributed by atoms with Gasteiger partial charge in [0.25, 0.3) is 17.5 Å². The summed E-state index contributed by atoms with van der Waals surface area (Å²) in [5.74, 6) is -0.444. The van der Waals surface area contributed by atoms with E-state index in [1.807, 2.05) is 30.4 Å². The third kappa shape index (κ3) is 6.81. The van der Waals surface area contributed by atoms with E-state index in [1.165, 1.54) is 24.3 Å². The van der Waals surface area contributed by atoms with Crippen LogP contribution < -0.4 is 5.32 Å². The molecule has 0 atom stereocenters. The van der Waals surface area contributed by atoms with Gasteiger partial charge in [0.1, 0.15) is 0 Å². The number of allylic oxidation sites excluding steroid dienone is 6. The highest BCUT2D eigenvalue weighted by Gasteiger charge is 2.24. The smallest absolute Gasteiger partial charge is 0.269 e. The van der Waals surface area contributed by atoms with Crippen LogP contribution in [0.5, 0.6) is 0 Å². The van der Waals surface area contributed by atoms with Crippen molar-refractivity contribution in [1.29, 1.82) is 0 Å². The van der Waals surface area contributed by atoms with Gasteiger partial charge in [0.15, 0.2) is 0 Å². The minimum absolute atomic E-state index is 0.0660. The molecule has 1 saturated carbocycles. The minimum atomic E-state index is -0.499. The summed E-state index contributed by atoms with van der Waals surface area (Å²) in [6, 6.07) is 5.80. The Balaban J connectivity index is 1.78. The first-order valence-corrected chi connectivity index (χ1v) is 10.8. The number of non-ortho nitro benzene ring substituents is 1. The molecule has 1 fully saturated rings. The number of benzene rings is 1. The maximum absolute atomic E-state index is 13.0. The molecular weight excluding hydrogens is 426 g/mol. The largest absolute Gasteiger partial charge is 0.349 e. The van der Waals surface area contributed by atoms with E-state index in [1.54, 1.807) is 11.0 Å². The van der Waals surface area contributed by atoms with Crippen LogP contribution in [0.15, 0.2) is 83.4 Å². The summed E-state index contributed by atoms with van der Waals surface area (Å²) < 4.78 is 0. The first-order valence-electron chi connectivity index (χ1n) is 10.3. The van der Waals surface area contributed by atoms with Crippen molar-refractivity contribution in [2.75, 3.05) is 13.1 Å². The van der Waals surface area contributed by atoms with Crippen LogP contribution >= 0.6 is 12.6 Å². The Morgan fingerprint density at radius 1 is 1.22 bits per heavy atom. The Morgan fingerprint density at radius 3 is 2.59 bits per heavy atom. The second-order valence-corrected chi connectivity index (χ2v) is 8.15. The average Bonchev–Trinajstić information content (AvgIpc) is 3.58.